The summed E-state index contributed by atoms with van der Waals surface area (Å²) in [5.41, 5.74) is 7.86. The van der Waals surface area contributed by atoms with E-state index in [1.807, 2.05) is 25.1 Å². The highest BCUT2D eigenvalue weighted by molar-refractivity contribution is 5.45. The molecule has 0 amide bonds. The van der Waals surface area contributed by atoms with Crippen molar-refractivity contribution >= 4 is 11.9 Å². The minimum Gasteiger partial charge on any atom is -0.366 e. The van der Waals surface area contributed by atoms with Gasteiger partial charge in [0.05, 0.1) is 0 Å². The van der Waals surface area contributed by atoms with Gasteiger partial charge < -0.3 is 11.1 Å². The molecule has 5 nitrogen and oxygen atoms in total. The van der Waals surface area contributed by atoms with Gasteiger partial charge in [0, 0.05) is 5.70 Å². The molecule has 0 spiro atoms. The number of rotatable bonds is 1. The van der Waals surface area contributed by atoms with Crippen LogP contribution in [0.25, 0.3) is 0 Å². The molecule has 0 aliphatic carbocycles. The zero-order valence-electron chi connectivity index (χ0n) is 9.46. The predicted molar refractivity (Wildman–Crippen MR) is 66.4 cm³/mol. The molecule has 0 saturated heterocycles. The van der Waals surface area contributed by atoms with Crippen LogP contribution >= 0.6 is 0 Å². The first-order valence-electron chi connectivity index (χ1n) is 5.46. The summed E-state index contributed by atoms with van der Waals surface area (Å²) in [6.07, 6.45) is 2.11. The van der Waals surface area contributed by atoms with E-state index in [1.165, 1.54) is 5.56 Å². The number of nitrogens with one attached hydrogen (secondary N) is 1. The highest BCUT2D eigenvalue weighted by Crippen LogP contribution is 2.28. The average Bonchev–Trinajstić information content (AvgIpc) is 2.69. The zero-order chi connectivity index (χ0) is 11.8. The average molecular weight is 227 g/mol. The maximum Gasteiger partial charge on any atom is 0.241 e. The first-order chi connectivity index (χ1) is 8.24. The molecular weight excluding hydrogens is 214 g/mol. The molecule has 17 heavy (non-hydrogen) atoms. The highest BCUT2D eigenvalue weighted by atomic mass is 15.4. The number of benzene rings is 1. The number of hydrogen-bond donors (Lipinski definition) is 2. The molecule has 5 heteroatoms. The van der Waals surface area contributed by atoms with Crippen molar-refractivity contribution in [3.63, 3.8) is 0 Å². The lowest BCUT2D eigenvalue weighted by atomic mass is 10.1. The molecule has 2 heterocycles. The van der Waals surface area contributed by atoms with Crippen LogP contribution in [0.4, 0.5) is 11.9 Å². The van der Waals surface area contributed by atoms with Crippen LogP contribution in [0.15, 0.2) is 42.1 Å². The fourth-order valence-corrected chi connectivity index (χ4v) is 2.03. The lowest BCUT2D eigenvalue weighted by Crippen LogP contribution is -2.19. The third-order valence-electron chi connectivity index (χ3n) is 2.77. The summed E-state index contributed by atoms with van der Waals surface area (Å²) in [5, 5.41) is 7.37. The molecule has 0 saturated carbocycles. The van der Waals surface area contributed by atoms with Crippen LogP contribution in [0, 0.1) is 0 Å². The summed E-state index contributed by atoms with van der Waals surface area (Å²) in [6, 6.07) is 10.2. The molecule has 3 N–H and O–H groups in total. The van der Waals surface area contributed by atoms with Crippen LogP contribution in [0.1, 0.15) is 18.5 Å². The number of nitrogen functional groups attached to an aromatic ring is 1. The van der Waals surface area contributed by atoms with Gasteiger partial charge in [0.2, 0.25) is 11.9 Å². The molecular formula is C12H13N5. The van der Waals surface area contributed by atoms with E-state index in [1.54, 1.807) is 4.68 Å². The standard InChI is InChI=1S/C12H13N5/c1-8-7-10(9-5-3-2-4-6-9)17-12(14-8)15-11(13)16-17/h2-7,10H,1H3,(H3,13,14,15,16)/t10-/m1/s1. The van der Waals surface area contributed by atoms with Gasteiger partial charge in [0.25, 0.3) is 0 Å². The molecule has 0 radical (unpaired) electrons. The van der Waals surface area contributed by atoms with Gasteiger partial charge in [0.15, 0.2) is 0 Å². The van der Waals surface area contributed by atoms with Gasteiger partial charge in [-0.3, -0.25) is 0 Å². The second-order valence-corrected chi connectivity index (χ2v) is 4.07. The van der Waals surface area contributed by atoms with E-state index in [4.69, 9.17) is 5.73 Å². The Balaban J connectivity index is 2.12. The van der Waals surface area contributed by atoms with Crippen LogP contribution in [-0.2, 0) is 0 Å². The van der Waals surface area contributed by atoms with Crippen LogP contribution in [0.3, 0.4) is 0 Å². The Morgan fingerprint density at radius 2 is 2.06 bits per heavy atom. The van der Waals surface area contributed by atoms with E-state index in [2.05, 4.69) is 33.6 Å². The van der Waals surface area contributed by atoms with E-state index >= 15 is 0 Å². The third-order valence-corrected chi connectivity index (χ3v) is 2.77. The Kier molecular flexibility index (Phi) is 2.11. The van der Waals surface area contributed by atoms with Gasteiger partial charge in [-0.2, -0.15) is 4.98 Å². The summed E-state index contributed by atoms with van der Waals surface area (Å²) in [6.45, 7) is 2.00. The van der Waals surface area contributed by atoms with E-state index in [-0.39, 0.29) is 12.0 Å². The first-order valence-corrected chi connectivity index (χ1v) is 5.46. The van der Waals surface area contributed by atoms with Gasteiger partial charge >= 0.3 is 0 Å². The van der Waals surface area contributed by atoms with Crippen LogP contribution in [-0.4, -0.2) is 14.8 Å². The SMILES string of the molecule is CC1=C[C@H](c2ccccc2)n2nc(N)nc2N1. The van der Waals surface area contributed by atoms with Gasteiger partial charge in [-0.1, -0.05) is 30.3 Å². The van der Waals surface area contributed by atoms with Crippen molar-refractivity contribution < 1.29 is 0 Å². The van der Waals surface area contributed by atoms with Crippen LogP contribution in [0.2, 0.25) is 0 Å². The number of allylic oxidation sites excluding steroid dienone is 2. The van der Waals surface area contributed by atoms with Crippen molar-refractivity contribution in [3.05, 3.63) is 47.7 Å². The maximum absolute atomic E-state index is 5.64. The van der Waals surface area contributed by atoms with Crippen molar-refractivity contribution in [3.8, 4) is 0 Å². The fourth-order valence-electron chi connectivity index (χ4n) is 2.03. The second kappa shape index (κ2) is 3.62. The maximum atomic E-state index is 5.64. The number of hydrogen-bond acceptors (Lipinski definition) is 4. The van der Waals surface area contributed by atoms with E-state index in [0.29, 0.717) is 5.95 Å². The van der Waals surface area contributed by atoms with Crippen LogP contribution < -0.4 is 11.1 Å². The van der Waals surface area contributed by atoms with Crippen LogP contribution in [0.5, 0.6) is 0 Å². The summed E-state index contributed by atoms with van der Waals surface area (Å²) in [4.78, 5) is 4.16. The van der Waals surface area contributed by atoms with Crippen molar-refractivity contribution in [2.45, 2.75) is 13.0 Å². The minimum absolute atomic E-state index is 0.0530. The number of fused-ring (bicyclic) bond motifs is 1. The Morgan fingerprint density at radius 3 is 2.82 bits per heavy atom. The topological polar surface area (TPSA) is 68.8 Å². The van der Waals surface area contributed by atoms with Gasteiger partial charge in [-0.25, -0.2) is 4.68 Å². The van der Waals surface area contributed by atoms with Gasteiger partial charge in [0.1, 0.15) is 6.04 Å². The number of aromatic nitrogens is 3. The fraction of sp³-hybridized carbons (Fsp3) is 0.167. The van der Waals surface area contributed by atoms with Gasteiger partial charge in [-0.15, -0.1) is 5.10 Å². The molecule has 1 aromatic heterocycles. The molecule has 1 aliphatic rings. The lowest BCUT2D eigenvalue weighted by Gasteiger charge is -2.22. The number of nitrogens with zero attached hydrogens (tertiary/aromatic N) is 3. The molecule has 86 valence electrons. The van der Waals surface area contributed by atoms with Crippen molar-refractivity contribution in [2.75, 3.05) is 11.1 Å². The third kappa shape index (κ3) is 1.65. The summed E-state index contributed by atoms with van der Waals surface area (Å²) >= 11 is 0. The Bertz CT molecular complexity index is 570. The Hall–Kier alpha value is -2.30. The molecule has 2 aromatic rings. The Labute approximate surface area is 99.0 Å². The normalized spacial score (nSPS) is 18.2. The van der Waals surface area contributed by atoms with Crippen molar-refractivity contribution in [2.24, 2.45) is 0 Å². The van der Waals surface area contributed by atoms with Crippen molar-refractivity contribution in [1.29, 1.82) is 0 Å². The largest absolute Gasteiger partial charge is 0.366 e. The molecule has 3 rings (SSSR count). The minimum atomic E-state index is 0.0530. The molecule has 0 fully saturated rings. The molecule has 0 unspecified atom stereocenters. The molecule has 1 aliphatic heterocycles. The lowest BCUT2D eigenvalue weighted by molar-refractivity contribution is 0.605. The molecule has 1 atom stereocenters. The zero-order valence-corrected chi connectivity index (χ0v) is 9.46. The highest BCUT2D eigenvalue weighted by Gasteiger charge is 2.22. The van der Waals surface area contributed by atoms with Gasteiger partial charge in [-0.05, 0) is 18.6 Å². The monoisotopic (exact) mass is 227 g/mol. The number of anilines is 2. The number of nitrogens with two attached hydrogens (primary N) is 1. The predicted octanol–water partition coefficient (Wildman–Crippen LogP) is 1.78. The smallest absolute Gasteiger partial charge is 0.241 e. The first kappa shape index (κ1) is 9.89. The van der Waals surface area contributed by atoms with E-state index in [9.17, 15) is 0 Å². The van der Waals surface area contributed by atoms with E-state index in [0.717, 1.165) is 5.70 Å². The second-order valence-electron chi connectivity index (χ2n) is 4.07. The quantitative estimate of drug-likeness (QED) is 0.779. The summed E-state index contributed by atoms with van der Waals surface area (Å²) in [7, 11) is 0. The molecule has 0 bridgehead atoms. The van der Waals surface area contributed by atoms with E-state index < -0.39 is 0 Å². The molecule has 1 aromatic carbocycles. The van der Waals surface area contributed by atoms with Crippen molar-refractivity contribution in [1.82, 2.24) is 14.8 Å². The summed E-state index contributed by atoms with van der Waals surface area (Å²) < 4.78 is 1.80. The Morgan fingerprint density at radius 1 is 1.29 bits per heavy atom. The summed E-state index contributed by atoms with van der Waals surface area (Å²) in [5.74, 6) is 0.980.